The van der Waals surface area contributed by atoms with Crippen LogP contribution in [-0.2, 0) is 10.7 Å². The summed E-state index contributed by atoms with van der Waals surface area (Å²) in [6.07, 6.45) is 4.14. The Morgan fingerprint density at radius 1 is 0.974 bits per heavy atom. The molecule has 0 unspecified atom stereocenters. The second-order valence-electron chi connectivity index (χ2n) is 8.25. The Labute approximate surface area is 220 Å². The van der Waals surface area contributed by atoms with Crippen molar-refractivity contribution in [3.05, 3.63) is 90.8 Å². The molecule has 0 aliphatic heterocycles. The Balaban J connectivity index is 1.38. The van der Waals surface area contributed by atoms with E-state index >= 15 is 8.78 Å². The molecule has 8 nitrogen and oxygen atoms in total. The first-order valence-corrected chi connectivity index (χ1v) is 11.5. The highest BCUT2D eigenvalue weighted by Gasteiger charge is 2.43. The Morgan fingerprint density at radius 3 is 2.49 bits per heavy atom. The number of nitrogens with zero attached hydrogens (tertiary/aromatic N) is 2. The number of fused-ring (bicyclic) bond motifs is 1. The van der Waals surface area contributed by atoms with Crippen LogP contribution in [0.25, 0.3) is 22.2 Å². The zero-order valence-electron chi connectivity index (χ0n) is 20.6. The summed E-state index contributed by atoms with van der Waals surface area (Å²) in [5.41, 5.74) is -0.00545. The summed E-state index contributed by atoms with van der Waals surface area (Å²) in [5.74, 6) is -5.72. The van der Waals surface area contributed by atoms with Crippen LogP contribution in [0.5, 0.6) is 23.0 Å². The Morgan fingerprint density at radius 2 is 1.77 bits per heavy atom. The summed E-state index contributed by atoms with van der Waals surface area (Å²) in [7, 11) is 2.96. The van der Waals surface area contributed by atoms with Gasteiger partial charge in [0.25, 0.3) is 5.91 Å². The number of ether oxygens (including phenoxy) is 3. The summed E-state index contributed by atoms with van der Waals surface area (Å²) in [6.45, 7) is 0. The van der Waals surface area contributed by atoms with Crippen molar-refractivity contribution in [1.29, 1.82) is 0 Å². The molecule has 1 N–H and O–H groups in total. The van der Waals surface area contributed by atoms with E-state index in [9.17, 15) is 9.18 Å². The molecule has 0 radical (unpaired) electrons. The summed E-state index contributed by atoms with van der Waals surface area (Å²) in [6, 6.07) is 13.6. The van der Waals surface area contributed by atoms with E-state index in [1.807, 2.05) is 0 Å². The summed E-state index contributed by atoms with van der Waals surface area (Å²) in [5, 5.41) is 2.65. The molecule has 0 saturated carbocycles. The van der Waals surface area contributed by atoms with Gasteiger partial charge in [0.05, 0.1) is 31.5 Å². The molecule has 0 atom stereocenters. The third-order valence-corrected chi connectivity index (χ3v) is 5.84. The molecule has 5 rings (SSSR count). The van der Waals surface area contributed by atoms with E-state index in [4.69, 9.17) is 18.6 Å². The minimum atomic E-state index is -4.18. The number of nitrogens with one attached hydrogen (secondary N) is 1. The Hall–Kier alpha value is -5.06. The molecule has 0 fully saturated rings. The highest BCUT2D eigenvalue weighted by molar-refractivity contribution is 5.97. The quantitative estimate of drug-likeness (QED) is 0.240. The van der Waals surface area contributed by atoms with Crippen LogP contribution in [0.3, 0.4) is 0 Å². The fourth-order valence-corrected chi connectivity index (χ4v) is 3.92. The Kier molecular flexibility index (Phi) is 6.80. The van der Waals surface area contributed by atoms with Crippen LogP contribution in [0.15, 0.2) is 83.9 Å². The van der Waals surface area contributed by atoms with Crippen molar-refractivity contribution < 1.29 is 36.6 Å². The number of halogens is 3. The molecule has 0 saturated heterocycles. The van der Waals surface area contributed by atoms with Crippen LogP contribution in [0.1, 0.15) is 5.56 Å². The minimum Gasteiger partial charge on any atom is -0.493 e. The average molecular weight is 535 g/mol. The van der Waals surface area contributed by atoms with E-state index in [-0.39, 0.29) is 17.2 Å². The molecule has 5 aromatic rings. The number of carbonyl (C=O) groups is 1. The van der Waals surface area contributed by atoms with Gasteiger partial charge in [0.15, 0.2) is 23.7 Å². The largest absolute Gasteiger partial charge is 0.493 e. The smallest absolute Gasteiger partial charge is 0.352 e. The van der Waals surface area contributed by atoms with Gasteiger partial charge in [0.2, 0.25) is 0 Å². The lowest BCUT2D eigenvalue weighted by atomic mass is 10.1. The number of anilines is 1. The maximum atomic E-state index is 15.0. The second kappa shape index (κ2) is 10.4. The number of carbonyl (C=O) groups excluding carboxylic acids is 1. The van der Waals surface area contributed by atoms with E-state index in [1.54, 1.807) is 24.3 Å². The first kappa shape index (κ1) is 25.6. The molecule has 3 aromatic carbocycles. The molecular formula is C28H20F3N3O5. The molecule has 198 valence electrons. The van der Waals surface area contributed by atoms with Crippen LogP contribution in [0, 0.1) is 5.82 Å². The number of amides is 1. The topological polar surface area (TPSA) is 95.7 Å². The van der Waals surface area contributed by atoms with Crippen molar-refractivity contribution >= 4 is 22.5 Å². The van der Waals surface area contributed by atoms with Crippen molar-refractivity contribution in [2.45, 2.75) is 5.92 Å². The van der Waals surface area contributed by atoms with Gasteiger partial charge in [-0.2, -0.15) is 8.78 Å². The van der Waals surface area contributed by atoms with Gasteiger partial charge in [-0.05, 0) is 36.4 Å². The SMILES string of the molecule is COc1cc2nccc(Oc3ccc(C(F)(F)C(=O)Nc4cccc(-c5cnco5)c4)c(F)c3)c2cc1OC. The van der Waals surface area contributed by atoms with Gasteiger partial charge in [-0.3, -0.25) is 9.78 Å². The number of pyridine rings is 1. The van der Waals surface area contributed by atoms with Crippen molar-refractivity contribution in [2.24, 2.45) is 0 Å². The van der Waals surface area contributed by atoms with Crippen LogP contribution in [0.2, 0.25) is 0 Å². The first-order chi connectivity index (χ1) is 18.8. The molecule has 0 spiro atoms. The van der Waals surface area contributed by atoms with Gasteiger partial charge in [-0.25, -0.2) is 9.37 Å². The molecule has 0 aliphatic carbocycles. The van der Waals surface area contributed by atoms with E-state index in [0.29, 0.717) is 33.7 Å². The molecule has 0 aliphatic rings. The van der Waals surface area contributed by atoms with Gasteiger partial charge in [-0.1, -0.05) is 12.1 Å². The number of hydrogen-bond acceptors (Lipinski definition) is 7. The number of oxazole rings is 1. The predicted octanol–water partition coefficient (Wildman–Crippen LogP) is 6.57. The Bertz CT molecular complexity index is 1660. The molecule has 39 heavy (non-hydrogen) atoms. The minimum absolute atomic E-state index is 0.0606. The highest BCUT2D eigenvalue weighted by Crippen LogP contribution is 2.38. The predicted molar refractivity (Wildman–Crippen MR) is 136 cm³/mol. The number of aromatic nitrogens is 2. The zero-order chi connectivity index (χ0) is 27.6. The molecular weight excluding hydrogens is 515 g/mol. The average Bonchev–Trinajstić information content (AvgIpc) is 3.48. The fourth-order valence-electron chi connectivity index (χ4n) is 3.92. The van der Waals surface area contributed by atoms with Gasteiger partial charge in [0.1, 0.15) is 17.3 Å². The van der Waals surface area contributed by atoms with E-state index < -0.39 is 23.2 Å². The molecule has 2 aromatic heterocycles. The van der Waals surface area contributed by atoms with E-state index in [0.717, 1.165) is 18.2 Å². The molecule has 1 amide bonds. The maximum Gasteiger partial charge on any atom is 0.352 e. The van der Waals surface area contributed by atoms with Gasteiger partial charge in [0, 0.05) is 35.0 Å². The third-order valence-electron chi connectivity index (χ3n) is 5.84. The standard InChI is InChI=1S/C28H20F3N3O5/c1-36-24-12-19-22(13-25(24)37-2)33-9-8-23(19)39-18-6-7-20(21(29)11-18)28(30,31)27(35)34-17-5-3-4-16(10-17)26-14-32-15-38-26/h3-15H,1-2H3,(H,34,35). The van der Waals surface area contributed by atoms with Crippen LogP contribution in [0.4, 0.5) is 18.9 Å². The molecule has 2 heterocycles. The first-order valence-electron chi connectivity index (χ1n) is 11.5. The lowest BCUT2D eigenvalue weighted by Gasteiger charge is -2.18. The van der Waals surface area contributed by atoms with E-state index in [2.05, 4.69) is 15.3 Å². The fraction of sp³-hybridized carbons (Fsp3) is 0.107. The lowest BCUT2D eigenvalue weighted by Crippen LogP contribution is -2.33. The molecule has 11 heteroatoms. The van der Waals surface area contributed by atoms with Crippen molar-refractivity contribution in [3.8, 4) is 34.3 Å². The van der Waals surface area contributed by atoms with Gasteiger partial charge in [-0.15, -0.1) is 0 Å². The zero-order valence-corrected chi connectivity index (χ0v) is 20.6. The number of rotatable bonds is 8. The normalized spacial score (nSPS) is 11.3. The second-order valence-corrected chi connectivity index (χ2v) is 8.25. The van der Waals surface area contributed by atoms with E-state index in [1.165, 1.54) is 51.2 Å². The van der Waals surface area contributed by atoms with Crippen molar-refractivity contribution in [1.82, 2.24) is 9.97 Å². The number of hydrogen-bond donors (Lipinski definition) is 1. The number of alkyl halides is 2. The van der Waals surface area contributed by atoms with Crippen LogP contribution < -0.4 is 19.5 Å². The summed E-state index contributed by atoms with van der Waals surface area (Å²) < 4.78 is 66.5. The van der Waals surface area contributed by atoms with Crippen LogP contribution in [-0.4, -0.2) is 30.1 Å². The van der Waals surface area contributed by atoms with Crippen molar-refractivity contribution in [3.63, 3.8) is 0 Å². The maximum absolute atomic E-state index is 15.0. The van der Waals surface area contributed by atoms with Crippen molar-refractivity contribution in [2.75, 3.05) is 19.5 Å². The van der Waals surface area contributed by atoms with Gasteiger partial charge >= 0.3 is 5.92 Å². The highest BCUT2D eigenvalue weighted by atomic mass is 19.3. The summed E-state index contributed by atoms with van der Waals surface area (Å²) in [4.78, 5) is 20.6. The number of methoxy groups -OCH3 is 2. The van der Waals surface area contributed by atoms with Gasteiger partial charge < -0.3 is 23.9 Å². The van der Waals surface area contributed by atoms with Crippen LogP contribution >= 0.6 is 0 Å². The monoisotopic (exact) mass is 535 g/mol. The molecule has 0 bridgehead atoms. The summed E-state index contributed by atoms with van der Waals surface area (Å²) >= 11 is 0. The lowest BCUT2D eigenvalue weighted by molar-refractivity contribution is -0.141. The third kappa shape index (κ3) is 5.06. The number of benzene rings is 3.